The van der Waals surface area contributed by atoms with E-state index in [-0.39, 0.29) is 11.9 Å². The molecule has 7 heteroatoms. The number of hydrogen-bond acceptors (Lipinski definition) is 3. The second-order valence-electron chi connectivity index (χ2n) is 6.23. The lowest BCUT2D eigenvalue weighted by atomic mass is 10.1. The van der Waals surface area contributed by atoms with Crippen molar-refractivity contribution in [1.29, 1.82) is 0 Å². The highest BCUT2D eigenvalue weighted by molar-refractivity contribution is 6.34. The van der Waals surface area contributed by atoms with Crippen LogP contribution < -0.4 is 0 Å². The zero-order valence-electron chi connectivity index (χ0n) is 14.5. The van der Waals surface area contributed by atoms with Gasteiger partial charge in [-0.1, -0.05) is 23.2 Å². The molecule has 1 aromatic heterocycles. The summed E-state index contributed by atoms with van der Waals surface area (Å²) in [5.41, 5.74) is 2.42. The first-order valence-corrected chi connectivity index (χ1v) is 9.30. The number of esters is 1. The van der Waals surface area contributed by atoms with Crippen molar-refractivity contribution in [1.82, 2.24) is 9.47 Å². The summed E-state index contributed by atoms with van der Waals surface area (Å²) in [7, 11) is 0. The van der Waals surface area contributed by atoms with Gasteiger partial charge in [0.1, 0.15) is 0 Å². The molecule has 0 spiro atoms. The Balaban J connectivity index is 1.61. The van der Waals surface area contributed by atoms with E-state index in [4.69, 9.17) is 27.9 Å². The van der Waals surface area contributed by atoms with Gasteiger partial charge in [0, 0.05) is 41.4 Å². The Labute approximate surface area is 162 Å². The molecule has 1 aromatic carbocycles. The van der Waals surface area contributed by atoms with Gasteiger partial charge in [-0.25, -0.2) is 4.79 Å². The molecule has 1 aliphatic rings. The predicted octanol–water partition coefficient (Wildman–Crippen LogP) is 3.95. The summed E-state index contributed by atoms with van der Waals surface area (Å²) in [6, 6.07) is 7.13. The van der Waals surface area contributed by atoms with Crippen molar-refractivity contribution < 1.29 is 14.3 Å². The summed E-state index contributed by atoms with van der Waals surface area (Å²) < 4.78 is 7.04. The molecule has 1 aliphatic heterocycles. The molecule has 2 aromatic rings. The number of fused-ring (bicyclic) bond motifs is 1. The minimum absolute atomic E-state index is 0.0752. The number of amides is 1. The fourth-order valence-corrected chi connectivity index (χ4v) is 3.67. The van der Waals surface area contributed by atoms with Crippen LogP contribution in [0.4, 0.5) is 0 Å². The zero-order valence-corrected chi connectivity index (χ0v) is 16.0. The smallest absolute Gasteiger partial charge is 0.339 e. The first-order chi connectivity index (χ1) is 12.5. The van der Waals surface area contributed by atoms with Crippen LogP contribution in [0.5, 0.6) is 0 Å². The Hall–Kier alpha value is -1.98. The van der Waals surface area contributed by atoms with Gasteiger partial charge in [-0.2, -0.15) is 0 Å². The van der Waals surface area contributed by atoms with Crippen molar-refractivity contribution >= 4 is 35.1 Å². The summed E-state index contributed by atoms with van der Waals surface area (Å²) in [6.07, 6.45) is 2.77. The Morgan fingerprint density at radius 3 is 2.54 bits per heavy atom. The van der Waals surface area contributed by atoms with Crippen LogP contribution in [-0.4, -0.2) is 34.5 Å². The first kappa shape index (κ1) is 18.8. The summed E-state index contributed by atoms with van der Waals surface area (Å²) in [5, 5.41) is 1.14. The molecule has 1 amide bonds. The molecule has 0 unspecified atom stereocenters. The van der Waals surface area contributed by atoms with Crippen molar-refractivity contribution in [2.75, 3.05) is 13.2 Å². The highest BCUT2D eigenvalue weighted by Gasteiger charge is 2.23. The molecule has 0 aliphatic carbocycles. The number of rotatable bonds is 5. The molecular formula is C19H20Cl2N2O3. The molecule has 0 radical (unpaired) electrons. The molecule has 0 bridgehead atoms. The summed E-state index contributed by atoms with van der Waals surface area (Å²) in [4.78, 5) is 26.2. The summed E-state index contributed by atoms with van der Waals surface area (Å²) >= 11 is 12.0. The maximum absolute atomic E-state index is 12.6. The summed E-state index contributed by atoms with van der Waals surface area (Å²) in [5.74, 6) is -0.253. The van der Waals surface area contributed by atoms with Crippen molar-refractivity contribution in [3.63, 3.8) is 0 Å². The molecule has 0 N–H and O–H groups in total. The molecule has 0 saturated carbocycles. The van der Waals surface area contributed by atoms with Crippen LogP contribution in [0, 0.1) is 0 Å². The monoisotopic (exact) mass is 394 g/mol. The van der Waals surface area contributed by atoms with Gasteiger partial charge < -0.3 is 14.2 Å². The average molecular weight is 395 g/mol. The van der Waals surface area contributed by atoms with Crippen LogP contribution in [0.15, 0.2) is 30.5 Å². The normalized spacial score (nSPS) is 13.4. The first-order valence-electron chi connectivity index (χ1n) is 8.55. The number of benzene rings is 1. The third kappa shape index (κ3) is 4.40. The Bertz CT molecular complexity index is 812. The zero-order chi connectivity index (χ0) is 18.7. The molecular weight excluding hydrogens is 375 g/mol. The van der Waals surface area contributed by atoms with E-state index in [1.807, 2.05) is 21.6 Å². The lowest BCUT2D eigenvalue weighted by Crippen LogP contribution is -2.37. The number of carbonyl (C=O) groups excluding carboxylic acids is 2. The van der Waals surface area contributed by atoms with Crippen molar-refractivity contribution in [3.05, 3.63) is 57.3 Å². The van der Waals surface area contributed by atoms with Gasteiger partial charge in [0.05, 0.1) is 18.7 Å². The van der Waals surface area contributed by atoms with Gasteiger partial charge in [0.2, 0.25) is 5.91 Å². The van der Waals surface area contributed by atoms with Gasteiger partial charge in [-0.05, 0) is 43.2 Å². The van der Waals surface area contributed by atoms with Gasteiger partial charge in [-0.3, -0.25) is 4.79 Å². The number of hydrogen-bond donors (Lipinski definition) is 0. The van der Waals surface area contributed by atoms with E-state index in [1.54, 1.807) is 25.3 Å². The topological polar surface area (TPSA) is 51.5 Å². The van der Waals surface area contributed by atoms with Crippen LogP contribution >= 0.6 is 23.2 Å². The molecule has 5 nitrogen and oxygen atoms in total. The largest absolute Gasteiger partial charge is 0.462 e. The van der Waals surface area contributed by atoms with Gasteiger partial charge in [0.25, 0.3) is 0 Å². The van der Waals surface area contributed by atoms with Crippen LogP contribution in [0.25, 0.3) is 0 Å². The SMILES string of the molecule is CCOC(=O)c1cc2n(c1)CCN(C(=O)CCc1cc(Cl)cc(Cl)c1)C2. The number of nitrogens with zero attached hydrogens (tertiary/aromatic N) is 2. The average Bonchev–Trinajstić information content (AvgIpc) is 3.02. The molecule has 0 atom stereocenters. The number of aromatic nitrogens is 1. The predicted molar refractivity (Wildman–Crippen MR) is 101 cm³/mol. The standard InChI is InChI=1S/C19H20Cl2N2O3/c1-2-26-19(25)14-9-17-12-23(6-5-22(17)11-14)18(24)4-3-13-7-15(20)10-16(21)8-13/h7-11H,2-6,12H2,1H3. The van der Waals surface area contributed by atoms with Crippen LogP contribution in [0.1, 0.15) is 35.0 Å². The van der Waals surface area contributed by atoms with Crippen molar-refractivity contribution in [2.24, 2.45) is 0 Å². The maximum Gasteiger partial charge on any atom is 0.339 e. The lowest BCUT2D eigenvalue weighted by molar-refractivity contribution is -0.132. The van der Waals surface area contributed by atoms with E-state index in [9.17, 15) is 9.59 Å². The van der Waals surface area contributed by atoms with Gasteiger partial charge in [-0.15, -0.1) is 0 Å². The van der Waals surface area contributed by atoms with Gasteiger partial charge >= 0.3 is 5.97 Å². The number of carbonyl (C=O) groups is 2. The Kier molecular flexibility index (Phi) is 5.89. The third-order valence-corrected chi connectivity index (χ3v) is 4.80. The number of aryl methyl sites for hydroxylation is 1. The minimum atomic E-state index is -0.329. The van der Waals surface area contributed by atoms with E-state index in [0.717, 1.165) is 11.3 Å². The molecule has 0 fully saturated rings. The van der Waals surface area contributed by atoms with Crippen molar-refractivity contribution in [2.45, 2.75) is 32.9 Å². The molecule has 138 valence electrons. The highest BCUT2D eigenvalue weighted by atomic mass is 35.5. The Morgan fingerprint density at radius 2 is 1.85 bits per heavy atom. The molecule has 2 heterocycles. The van der Waals surface area contributed by atoms with E-state index in [1.165, 1.54) is 0 Å². The third-order valence-electron chi connectivity index (χ3n) is 4.36. The van der Waals surface area contributed by atoms with E-state index < -0.39 is 0 Å². The Morgan fingerprint density at radius 1 is 1.12 bits per heavy atom. The second kappa shape index (κ2) is 8.14. The number of halogens is 2. The lowest BCUT2D eigenvalue weighted by Gasteiger charge is -2.28. The quantitative estimate of drug-likeness (QED) is 0.721. The fourth-order valence-electron chi connectivity index (χ4n) is 3.10. The van der Waals surface area contributed by atoms with Crippen LogP contribution in [0.2, 0.25) is 10.0 Å². The van der Waals surface area contributed by atoms with E-state index in [0.29, 0.717) is 54.7 Å². The van der Waals surface area contributed by atoms with E-state index in [2.05, 4.69) is 0 Å². The molecule has 3 rings (SSSR count). The van der Waals surface area contributed by atoms with Crippen molar-refractivity contribution in [3.8, 4) is 0 Å². The number of ether oxygens (including phenoxy) is 1. The fraction of sp³-hybridized carbons (Fsp3) is 0.368. The molecule has 26 heavy (non-hydrogen) atoms. The highest BCUT2D eigenvalue weighted by Crippen LogP contribution is 2.21. The van der Waals surface area contributed by atoms with E-state index >= 15 is 0 Å². The van der Waals surface area contributed by atoms with Crippen LogP contribution in [0.3, 0.4) is 0 Å². The second-order valence-corrected chi connectivity index (χ2v) is 7.10. The maximum atomic E-state index is 12.6. The van der Waals surface area contributed by atoms with Crippen LogP contribution in [-0.2, 0) is 29.0 Å². The minimum Gasteiger partial charge on any atom is -0.462 e. The van der Waals surface area contributed by atoms with Gasteiger partial charge in [0.15, 0.2) is 0 Å². The molecule has 0 saturated heterocycles. The summed E-state index contributed by atoms with van der Waals surface area (Å²) in [6.45, 7) is 3.91.